The molecule has 6 heteroatoms. The van der Waals surface area contributed by atoms with E-state index >= 15 is 0 Å². The number of hydrogen-bond acceptors (Lipinski definition) is 6. The second kappa shape index (κ2) is 5.63. The van der Waals surface area contributed by atoms with Crippen LogP contribution in [0.2, 0.25) is 0 Å². The van der Waals surface area contributed by atoms with Crippen molar-refractivity contribution < 1.29 is 4.74 Å². The van der Waals surface area contributed by atoms with E-state index in [-0.39, 0.29) is 0 Å². The topological polar surface area (TPSA) is 60.2 Å². The van der Waals surface area contributed by atoms with Crippen LogP contribution in [0.1, 0.15) is 19.8 Å². The molecule has 1 saturated heterocycles. The van der Waals surface area contributed by atoms with Gasteiger partial charge in [0.05, 0.1) is 6.61 Å². The number of ether oxygens (including phenoxy) is 1. The molecule has 3 N–H and O–H groups in total. The largest absolute Gasteiger partial charge is 0.487 e. The zero-order chi connectivity index (χ0) is 11.4. The fourth-order valence-corrected chi connectivity index (χ4v) is 3.54. The molecule has 1 aliphatic rings. The van der Waals surface area contributed by atoms with Gasteiger partial charge in [0.15, 0.2) is 16.6 Å². The summed E-state index contributed by atoms with van der Waals surface area (Å²) in [4.78, 5) is 0. The smallest absolute Gasteiger partial charge is 0.197 e. The predicted molar refractivity (Wildman–Crippen MR) is 71.7 cm³/mol. The van der Waals surface area contributed by atoms with Crippen molar-refractivity contribution in [1.29, 1.82) is 0 Å². The second-order valence-electron chi connectivity index (χ2n) is 3.69. The lowest BCUT2D eigenvalue weighted by atomic mass is 10.1. The summed E-state index contributed by atoms with van der Waals surface area (Å²) in [7, 11) is 0. The van der Waals surface area contributed by atoms with Crippen LogP contribution in [0.5, 0.6) is 5.75 Å². The molecule has 0 aromatic carbocycles. The minimum atomic E-state index is 0.500. The molecule has 0 unspecified atom stereocenters. The minimum absolute atomic E-state index is 0.500. The number of aromatic nitrogens is 1. The van der Waals surface area contributed by atoms with Gasteiger partial charge in [-0.2, -0.15) is 16.1 Å². The number of thioether (sulfide) groups is 1. The first-order valence-electron chi connectivity index (χ1n) is 5.53. The Morgan fingerprint density at radius 2 is 2.25 bits per heavy atom. The molecular weight excluding hydrogens is 242 g/mol. The molecule has 4 nitrogen and oxygen atoms in total. The molecule has 90 valence electrons. The van der Waals surface area contributed by atoms with Crippen LogP contribution in [-0.2, 0) is 0 Å². The molecule has 2 heterocycles. The first-order chi connectivity index (χ1) is 7.81. The van der Waals surface area contributed by atoms with Crippen molar-refractivity contribution >= 4 is 34.1 Å². The Labute approximate surface area is 104 Å². The van der Waals surface area contributed by atoms with Crippen LogP contribution in [0.3, 0.4) is 0 Å². The highest BCUT2D eigenvalue weighted by Crippen LogP contribution is 2.36. The second-order valence-corrected chi connectivity index (χ2v) is 5.69. The maximum absolute atomic E-state index is 5.76. The number of nitrogens with zero attached hydrogens (tertiary/aromatic N) is 1. The van der Waals surface area contributed by atoms with Crippen LogP contribution in [0.4, 0.5) is 10.8 Å². The first-order valence-corrected chi connectivity index (χ1v) is 7.46. The van der Waals surface area contributed by atoms with Gasteiger partial charge in [0, 0.05) is 6.04 Å². The lowest BCUT2D eigenvalue weighted by Gasteiger charge is -2.22. The van der Waals surface area contributed by atoms with Gasteiger partial charge >= 0.3 is 0 Å². The van der Waals surface area contributed by atoms with Gasteiger partial charge in [-0.25, -0.2) is 0 Å². The van der Waals surface area contributed by atoms with Crippen molar-refractivity contribution in [2.75, 3.05) is 29.2 Å². The molecule has 16 heavy (non-hydrogen) atoms. The third-order valence-corrected chi connectivity index (χ3v) is 4.34. The van der Waals surface area contributed by atoms with Crippen LogP contribution in [0, 0.1) is 0 Å². The third-order valence-electron chi connectivity index (χ3n) is 2.52. The molecule has 1 fully saturated rings. The van der Waals surface area contributed by atoms with Crippen molar-refractivity contribution in [2.24, 2.45) is 0 Å². The molecule has 0 atom stereocenters. The van der Waals surface area contributed by atoms with Gasteiger partial charge in [-0.3, -0.25) is 0 Å². The van der Waals surface area contributed by atoms with Crippen LogP contribution in [0.25, 0.3) is 0 Å². The third kappa shape index (κ3) is 2.74. The van der Waals surface area contributed by atoms with Gasteiger partial charge in [0.1, 0.15) is 0 Å². The summed E-state index contributed by atoms with van der Waals surface area (Å²) in [6.07, 6.45) is 2.40. The van der Waals surface area contributed by atoms with Crippen molar-refractivity contribution in [1.82, 2.24) is 4.37 Å². The molecule has 0 spiro atoms. The molecule has 0 saturated carbocycles. The number of nitrogens with two attached hydrogens (primary N) is 1. The summed E-state index contributed by atoms with van der Waals surface area (Å²) in [6.45, 7) is 2.58. The molecule has 0 bridgehead atoms. The van der Waals surface area contributed by atoms with E-state index in [0.29, 0.717) is 18.5 Å². The Balaban J connectivity index is 2.02. The van der Waals surface area contributed by atoms with Gasteiger partial charge in [0.2, 0.25) is 0 Å². The van der Waals surface area contributed by atoms with Crippen molar-refractivity contribution in [3.05, 3.63) is 0 Å². The number of anilines is 2. The molecule has 2 rings (SSSR count). The minimum Gasteiger partial charge on any atom is -0.487 e. The van der Waals surface area contributed by atoms with E-state index in [2.05, 4.69) is 9.69 Å². The van der Waals surface area contributed by atoms with Gasteiger partial charge in [0.25, 0.3) is 0 Å². The van der Waals surface area contributed by atoms with Crippen molar-refractivity contribution in [3.8, 4) is 5.75 Å². The lowest BCUT2D eigenvalue weighted by Crippen LogP contribution is -2.24. The lowest BCUT2D eigenvalue weighted by molar-refractivity contribution is 0.344. The average molecular weight is 259 g/mol. The van der Waals surface area contributed by atoms with Crippen molar-refractivity contribution in [3.63, 3.8) is 0 Å². The zero-order valence-corrected chi connectivity index (χ0v) is 11.0. The molecule has 1 aliphatic heterocycles. The quantitative estimate of drug-likeness (QED) is 0.869. The van der Waals surface area contributed by atoms with Crippen LogP contribution in [0.15, 0.2) is 0 Å². The number of rotatable bonds is 4. The zero-order valence-electron chi connectivity index (χ0n) is 9.36. The fraction of sp³-hybridized carbons (Fsp3) is 0.700. The highest BCUT2D eigenvalue weighted by Gasteiger charge is 2.18. The van der Waals surface area contributed by atoms with Crippen LogP contribution < -0.4 is 15.8 Å². The Hall–Kier alpha value is -0.620. The molecule has 0 aliphatic carbocycles. The fourth-order valence-electron chi connectivity index (χ4n) is 1.70. The van der Waals surface area contributed by atoms with E-state index in [4.69, 9.17) is 10.5 Å². The SMILES string of the molecule is CCOc1c(N)nsc1NC1CCSCC1. The summed E-state index contributed by atoms with van der Waals surface area (Å²) < 4.78 is 9.63. The van der Waals surface area contributed by atoms with E-state index in [9.17, 15) is 0 Å². The van der Waals surface area contributed by atoms with Gasteiger partial charge in [-0.1, -0.05) is 0 Å². The molecule has 1 aromatic rings. The Morgan fingerprint density at radius 1 is 1.50 bits per heavy atom. The van der Waals surface area contributed by atoms with E-state index in [1.54, 1.807) is 0 Å². The summed E-state index contributed by atoms with van der Waals surface area (Å²) in [6, 6.07) is 0.542. The number of nitrogen functional groups attached to an aromatic ring is 1. The summed E-state index contributed by atoms with van der Waals surface area (Å²) in [5, 5.41) is 4.48. The number of hydrogen-bond donors (Lipinski definition) is 2. The van der Waals surface area contributed by atoms with Crippen LogP contribution >= 0.6 is 23.3 Å². The predicted octanol–water partition coefficient (Wildman–Crippen LogP) is 2.43. The maximum atomic E-state index is 5.76. The van der Waals surface area contributed by atoms with Crippen molar-refractivity contribution in [2.45, 2.75) is 25.8 Å². The standard InChI is InChI=1S/C10H17N3OS2/c1-2-14-8-9(11)13-16-10(8)12-7-3-5-15-6-4-7/h7,12H,2-6H2,1H3,(H2,11,13). The Bertz CT molecular complexity index is 337. The molecule has 1 aromatic heterocycles. The summed E-state index contributed by atoms with van der Waals surface area (Å²) >= 11 is 3.41. The van der Waals surface area contributed by atoms with Gasteiger partial charge < -0.3 is 15.8 Å². The van der Waals surface area contributed by atoms with Gasteiger partial charge in [-0.05, 0) is 42.8 Å². The Morgan fingerprint density at radius 3 is 2.94 bits per heavy atom. The summed E-state index contributed by atoms with van der Waals surface area (Å²) in [5.41, 5.74) is 5.76. The monoisotopic (exact) mass is 259 g/mol. The first kappa shape index (κ1) is 11.9. The normalized spacial score (nSPS) is 17.3. The average Bonchev–Trinajstić information content (AvgIpc) is 2.64. The summed E-state index contributed by atoms with van der Waals surface area (Å²) in [5.74, 6) is 3.69. The molecule has 0 radical (unpaired) electrons. The van der Waals surface area contributed by atoms with E-state index in [0.717, 1.165) is 10.8 Å². The molecule has 0 amide bonds. The highest BCUT2D eigenvalue weighted by molar-refractivity contribution is 7.99. The van der Waals surface area contributed by atoms with E-state index < -0.39 is 0 Å². The molecular formula is C10H17N3OS2. The van der Waals surface area contributed by atoms with Crippen LogP contribution in [-0.4, -0.2) is 28.5 Å². The van der Waals surface area contributed by atoms with Gasteiger partial charge in [-0.15, -0.1) is 0 Å². The maximum Gasteiger partial charge on any atom is 0.197 e. The van der Waals surface area contributed by atoms with E-state index in [1.165, 1.54) is 35.9 Å². The number of nitrogens with one attached hydrogen (secondary N) is 1. The Kier molecular flexibility index (Phi) is 4.17. The van der Waals surface area contributed by atoms with E-state index in [1.807, 2.05) is 18.7 Å². The highest BCUT2D eigenvalue weighted by atomic mass is 32.2.